The predicted molar refractivity (Wildman–Crippen MR) is 122 cm³/mol. The Kier molecular flexibility index (Phi) is 7.53. The number of hydrogen-bond donors (Lipinski definition) is 0. The molecule has 0 radical (unpaired) electrons. The number of allylic oxidation sites excluding steroid dienone is 1. The zero-order chi connectivity index (χ0) is 18.8. The summed E-state index contributed by atoms with van der Waals surface area (Å²) in [5, 5.41) is 0. The van der Waals surface area contributed by atoms with E-state index in [-0.39, 0.29) is 0 Å². The molecule has 138 valence electrons. The van der Waals surface area contributed by atoms with Crippen molar-refractivity contribution in [1.82, 2.24) is 0 Å². The Hall–Kier alpha value is -2.06. The van der Waals surface area contributed by atoms with E-state index < -0.39 is 13.3 Å². The first kappa shape index (κ1) is 19.7. The summed E-state index contributed by atoms with van der Waals surface area (Å²) in [6.45, 7) is 2.27. The summed E-state index contributed by atoms with van der Waals surface area (Å²) in [4.78, 5) is 2.62. The van der Waals surface area contributed by atoms with E-state index in [0.29, 0.717) is 0 Å². The van der Waals surface area contributed by atoms with Crippen LogP contribution in [-0.4, -0.2) is 13.3 Å². The van der Waals surface area contributed by atoms with E-state index in [0.717, 1.165) is 0 Å². The first-order valence-corrected chi connectivity index (χ1v) is 14.6. The van der Waals surface area contributed by atoms with Crippen molar-refractivity contribution in [3.63, 3.8) is 0 Å². The predicted octanol–water partition coefficient (Wildman–Crippen LogP) is 5.22. The molecule has 0 N–H and O–H groups in total. The van der Waals surface area contributed by atoms with Crippen molar-refractivity contribution in [3.05, 3.63) is 102 Å². The molecule has 0 aromatic heterocycles. The van der Waals surface area contributed by atoms with Crippen molar-refractivity contribution in [2.45, 2.75) is 39.0 Å². The molecule has 0 nitrogen and oxygen atoms in total. The van der Waals surface area contributed by atoms with Crippen LogP contribution in [0.25, 0.3) is 0 Å². The van der Waals surface area contributed by atoms with Gasteiger partial charge in [-0.25, -0.2) is 0 Å². The van der Waals surface area contributed by atoms with Crippen LogP contribution < -0.4 is 13.2 Å². The Balaban J connectivity index is 2.07. The summed E-state index contributed by atoms with van der Waals surface area (Å²) < 4.78 is 4.50. The molecule has 0 fully saturated rings. The molecule has 0 aliphatic rings. The van der Waals surface area contributed by atoms with Crippen LogP contribution in [0, 0.1) is 0 Å². The maximum atomic E-state index is 2.62. The third kappa shape index (κ3) is 4.81. The summed E-state index contributed by atoms with van der Waals surface area (Å²) in [6.07, 6.45) is 8.92. The average molecular weight is 415 g/mol. The van der Waals surface area contributed by atoms with Gasteiger partial charge in [-0.2, -0.15) is 0 Å². The van der Waals surface area contributed by atoms with Crippen molar-refractivity contribution >= 4 is 26.5 Å². The van der Waals surface area contributed by atoms with Gasteiger partial charge in [-0.1, -0.05) is 0 Å². The maximum absolute atomic E-state index is 2.84. The van der Waals surface area contributed by atoms with E-state index in [1.165, 1.54) is 45.3 Å². The van der Waals surface area contributed by atoms with Crippen molar-refractivity contribution in [1.29, 1.82) is 0 Å². The van der Waals surface area contributed by atoms with Gasteiger partial charge in [0.1, 0.15) is 0 Å². The Morgan fingerprint density at radius 2 is 1.04 bits per heavy atom. The summed E-state index contributed by atoms with van der Waals surface area (Å²) in [5.41, 5.74) is 0. The van der Waals surface area contributed by atoms with Crippen LogP contribution in [0.3, 0.4) is 0 Å². The van der Waals surface area contributed by atoms with E-state index in [4.69, 9.17) is 0 Å². The molecule has 0 aliphatic carbocycles. The molecule has 3 aromatic carbocycles. The summed E-state index contributed by atoms with van der Waals surface area (Å²) in [7, 11) is 0. The number of unbranched alkanes of at least 4 members (excludes halogenated alkanes) is 4. The molecule has 0 aliphatic heterocycles. The van der Waals surface area contributed by atoms with E-state index in [2.05, 4.69) is 109 Å². The quantitative estimate of drug-likeness (QED) is 0.332. The molecule has 0 atom stereocenters. The first-order valence-electron chi connectivity index (χ1n) is 10.2. The molecule has 3 aromatic rings. The van der Waals surface area contributed by atoms with Gasteiger partial charge in [0.15, 0.2) is 0 Å². The van der Waals surface area contributed by atoms with Crippen LogP contribution in [0.1, 0.15) is 39.0 Å². The van der Waals surface area contributed by atoms with Crippen LogP contribution >= 0.6 is 0 Å². The van der Waals surface area contributed by atoms with E-state index in [9.17, 15) is 0 Å². The second-order valence-corrected chi connectivity index (χ2v) is 14.9. The standard InChI is InChI=1S/C26H30Ge/c1-2-3-4-5-6-16-23-27(24-17-10-7-11-18-24,25-19-12-8-13-20-25)26-21-14-9-15-22-26/h7-23H,2-6H2,1H3/b23-16+. The number of benzene rings is 3. The minimum absolute atomic E-state index is 1.18. The molecular formula is C26H30Ge. The van der Waals surface area contributed by atoms with Crippen LogP contribution in [0.15, 0.2) is 102 Å². The molecule has 0 saturated carbocycles. The third-order valence-corrected chi connectivity index (χ3v) is 14.7. The Morgan fingerprint density at radius 1 is 0.593 bits per heavy atom. The molecule has 1 heteroatoms. The molecule has 0 saturated heterocycles. The monoisotopic (exact) mass is 416 g/mol. The number of rotatable bonds is 9. The van der Waals surface area contributed by atoms with Crippen LogP contribution in [0.5, 0.6) is 0 Å². The van der Waals surface area contributed by atoms with Gasteiger partial charge in [0.25, 0.3) is 0 Å². The Labute approximate surface area is 167 Å². The fraction of sp³-hybridized carbons (Fsp3) is 0.231. The molecule has 0 spiro atoms. The molecular weight excluding hydrogens is 385 g/mol. The Morgan fingerprint density at radius 3 is 1.44 bits per heavy atom. The van der Waals surface area contributed by atoms with Crippen LogP contribution in [-0.2, 0) is 0 Å². The second kappa shape index (κ2) is 10.3. The molecule has 3 rings (SSSR count). The van der Waals surface area contributed by atoms with Crippen molar-refractivity contribution in [3.8, 4) is 0 Å². The van der Waals surface area contributed by atoms with E-state index in [1.807, 2.05) is 0 Å². The summed E-state index contributed by atoms with van der Waals surface area (Å²) in [5.74, 6) is 0. The van der Waals surface area contributed by atoms with Crippen molar-refractivity contribution in [2.24, 2.45) is 0 Å². The van der Waals surface area contributed by atoms with Crippen molar-refractivity contribution in [2.75, 3.05) is 0 Å². The van der Waals surface area contributed by atoms with Gasteiger partial charge in [-0.3, -0.25) is 0 Å². The van der Waals surface area contributed by atoms with Gasteiger partial charge in [-0.05, 0) is 0 Å². The van der Waals surface area contributed by atoms with Gasteiger partial charge in [0, 0.05) is 0 Å². The summed E-state index contributed by atoms with van der Waals surface area (Å²) >= 11 is -2.84. The molecule has 0 amide bonds. The first-order chi connectivity index (χ1) is 13.4. The van der Waals surface area contributed by atoms with Gasteiger partial charge < -0.3 is 0 Å². The minimum atomic E-state index is -2.84. The zero-order valence-electron chi connectivity index (χ0n) is 16.4. The average Bonchev–Trinajstić information content (AvgIpc) is 2.75. The van der Waals surface area contributed by atoms with Crippen molar-refractivity contribution < 1.29 is 0 Å². The SMILES string of the molecule is CCCCCC/C=[CH]/[Ge]([c]1ccccc1)([c]1ccccc1)[c]1ccccc1. The third-order valence-electron chi connectivity index (χ3n) is 5.28. The van der Waals surface area contributed by atoms with E-state index >= 15 is 0 Å². The van der Waals surface area contributed by atoms with Gasteiger partial charge in [0.2, 0.25) is 0 Å². The topological polar surface area (TPSA) is 0 Å². The fourth-order valence-corrected chi connectivity index (χ4v) is 12.8. The molecule has 0 heterocycles. The van der Waals surface area contributed by atoms with Crippen LogP contribution in [0.4, 0.5) is 0 Å². The Bertz CT molecular complexity index is 710. The fourth-order valence-electron chi connectivity index (χ4n) is 3.84. The zero-order valence-corrected chi connectivity index (χ0v) is 18.4. The van der Waals surface area contributed by atoms with Gasteiger partial charge >= 0.3 is 167 Å². The molecule has 27 heavy (non-hydrogen) atoms. The summed E-state index contributed by atoms with van der Waals surface area (Å²) in [6, 6.07) is 33.5. The molecule has 0 bridgehead atoms. The normalized spacial score (nSPS) is 11.7. The molecule has 0 unspecified atom stereocenters. The second-order valence-electron chi connectivity index (χ2n) is 7.16. The van der Waals surface area contributed by atoms with Gasteiger partial charge in [-0.15, -0.1) is 0 Å². The van der Waals surface area contributed by atoms with Crippen LogP contribution in [0.2, 0.25) is 0 Å². The van der Waals surface area contributed by atoms with Gasteiger partial charge in [0.05, 0.1) is 0 Å². The van der Waals surface area contributed by atoms with E-state index in [1.54, 1.807) is 0 Å². The number of hydrogen-bond acceptors (Lipinski definition) is 0.